The van der Waals surface area contributed by atoms with Crippen molar-refractivity contribution in [2.24, 2.45) is 0 Å². The van der Waals surface area contributed by atoms with Gasteiger partial charge in [-0.25, -0.2) is 9.37 Å². The summed E-state index contributed by atoms with van der Waals surface area (Å²) in [5, 5.41) is 14.3. The highest BCUT2D eigenvalue weighted by Gasteiger charge is 2.36. The molecule has 0 aliphatic carbocycles. The van der Waals surface area contributed by atoms with Gasteiger partial charge in [0.1, 0.15) is 24.6 Å². The fourth-order valence-electron chi connectivity index (χ4n) is 7.69. The summed E-state index contributed by atoms with van der Waals surface area (Å²) in [4.78, 5) is 12.5. The first-order valence-corrected chi connectivity index (χ1v) is 15.7. The van der Waals surface area contributed by atoms with Gasteiger partial charge in [0.05, 0.1) is 11.1 Å². The van der Waals surface area contributed by atoms with E-state index in [1.165, 1.54) is 59.2 Å². The van der Waals surface area contributed by atoms with Crippen molar-refractivity contribution < 1.29 is 14.6 Å². The van der Waals surface area contributed by atoms with E-state index in [9.17, 15) is 9.90 Å². The lowest BCUT2D eigenvalue weighted by molar-refractivity contribution is 0.0696. The maximum absolute atomic E-state index is 12.5. The molecule has 4 nitrogen and oxygen atoms in total. The fraction of sp³-hybridized carbons (Fsp3) is 0.375. The van der Waals surface area contributed by atoms with Gasteiger partial charge in [-0.3, -0.25) is 0 Å². The molecule has 0 saturated heterocycles. The highest BCUT2D eigenvalue weighted by atomic mass is 31.1. The van der Waals surface area contributed by atoms with Crippen molar-refractivity contribution in [2.45, 2.75) is 51.4 Å². The van der Waals surface area contributed by atoms with Crippen LogP contribution < -0.4 is 25.2 Å². The molecule has 0 fully saturated rings. The van der Waals surface area contributed by atoms with Crippen LogP contribution in [0.25, 0.3) is 5.57 Å². The molecule has 5 aliphatic rings. The van der Waals surface area contributed by atoms with Gasteiger partial charge in [0.15, 0.2) is 0 Å². The number of aryl methyl sites for hydroxylation is 2. The molecule has 0 aromatic heterocycles. The van der Waals surface area contributed by atoms with Gasteiger partial charge in [0.25, 0.3) is 0 Å². The monoisotopic (exact) mass is 508 g/mol. The van der Waals surface area contributed by atoms with E-state index >= 15 is 0 Å². The predicted octanol–water partition coefficient (Wildman–Crippen LogP) is 4.12. The highest BCUT2D eigenvalue weighted by Crippen LogP contribution is 2.51. The summed E-state index contributed by atoms with van der Waals surface area (Å²) in [6.45, 7) is 2.24. The van der Waals surface area contributed by atoms with Gasteiger partial charge in [-0.15, -0.1) is 0 Å². The Kier molecular flexibility index (Phi) is 4.93. The molecule has 0 radical (unpaired) electrons. The summed E-state index contributed by atoms with van der Waals surface area (Å²) < 4.78 is 9.65. The maximum Gasteiger partial charge on any atom is 0.336 e. The fourth-order valence-corrected chi connectivity index (χ4v) is 10.6. The van der Waals surface area contributed by atoms with Crippen LogP contribution in [-0.4, -0.2) is 36.5 Å². The number of ether oxygens (including phenoxy) is 1. The quantitative estimate of drug-likeness (QED) is 0.327. The van der Waals surface area contributed by atoms with Crippen LogP contribution in [0.2, 0.25) is 0 Å². The van der Waals surface area contributed by atoms with Gasteiger partial charge >= 0.3 is 5.97 Å². The Labute approximate surface area is 218 Å². The third-order valence-electron chi connectivity index (χ3n) is 9.11. The Morgan fingerprint density at radius 2 is 1.59 bits per heavy atom. The van der Waals surface area contributed by atoms with E-state index < -0.39 is 5.97 Å². The van der Waals surface area contributed by atoms with Crippen molar-refractivity contribution in [1.29, 1.82) is 0 Å². The molecule has 5 aliphatic heterocycles. The Morgan fingerprint density at radius 1 is 0.838 bits per heavy atom. The van der Waals surface area contributed by atoms with E-state index in [0.717, 1.165) is 78.6 Å². The lowest BCUT2D eigenvalue weighted by Gasteiger charge is -2.36. The average Bonchev–Trinajstić information content (AvgIpc) is 2.93. The maximum atomic E-state index is 12.5. The zero-order valence-corrected chi connectivity index (χ0v) is 22.0. The smallest absolute Gasteiger partial charge is 0.336 e. The number of carbonyl (C=O) groups is 1. The van der Waals surface area contributed by atoms with Crippen molar-refractivity contribution in [3.05, 3.63) is 85.9 Å². The molecule has 0 spiro atoms. The molecule has 186 valence electrons. The van der Waals surface area contributed by atoms with Crippen molar-refractivity contribution in [3.8, 4) is 11.5 Å². The topological polar surface area (TPSA) is 49.5 Å². The second kappa shape index (κ2) is 8.27. The minimum absolute atomic E-state index is 0.0938. The van der Waals surface area contributed by atoms with E-state index in [1.54, 1.807) is 11.4 Å². The number of carboxylic acids is 1. The van der Waals surface area contributed by atoms with Gasteiger partial charge in [-0.05, 0) is 85.5 Å². The molecule has 37 heavy (non-hydrogen) atoms. The number of hydrogen-bond donors (Lipinski definition) is 1. The first-order valence-electron chi connectivity index (χ1n) is 13.9. The Morgan fingerprint density at radius 3 is 2.46 bits per heavy atom. The first kappa shape index (κ1) is 22.1. The number of rotatable bonds is 2. The molecule has 1 unspecified atom stereocenters. The number of benzene rings is 3. The van der Waals surface area contributed by atoms with E-state index in [-0.39, 0.29) is 7.92 Å². The van der Waals surface area contributed by atoms with Gasteiger partial charge < -0.3 is 9.84 Å². The van der Waals surface area contributed by atoms with Crippen LogP contribution in [0.4, 0.5) is 0 Å². The lowest BCUT2D eigenvalue weighted by Crippen LogP contribution is -2.45. The summed E-state index contributed by atoms with van der Waals surface area (Å²) in [5.41, 5.74) is 9.04. The second-order valence-electron chi connectivity index (χ2n) is 11.2. The molecule has 1 atom stereocenters. The van der Waals surface area contributed by atoms with Gasteiger partial charge in [-0.1, -0.05) is 26.1 Å². The largest absolute Gasteiger partial charge is 0.478 e. The van der Waals surface area contributed by atoms with E-state index in [1.807, 2.05) is 18.2 Å². The Hall–Kier alpha value is -2.97. The van der Waals surface area contributed by atoms with Crippen molar-refractivity contribution in [1.82, 2.24) is 4.58 Å². The minimum Gasteiger partial charge on any atom is -0.478 e. The molecule has 0 bridgehead atoms. The normalized spacial score (nSPS) is 20.8. The van der Waals surface area contributed by atoms with Gasteiger partial charge in [-0.2, -0.15) is 0 Å². The van der Waals surface area contributed by atoms with E-state index in [4.69, 9.17) is 4.74 Å². The summed E-state index contributed by atoms with van der Waals surface area (Å²) in [5.74, 6) is 1.15. The number of hydrogen-bond acceptors (Lipinski definition) is 2. The van der Waals surface area contributed by atoms with Crippen LogP contribution >= 0.6 is 7.92 Å². The first-order chi connectivity index (χ1) is 18.2. The third kappa shape index (κ3) is 3.18. The molecule has 3 aromatic rings. The number of nitrogens with zero attached hydrogens (tertiary/aromatic N) is 1. The number of carboxylic acid groups (broad SMARTS) is 1. The molecule has 5 heterocycles. The molecule has 5 heteroatoms. The average molecular weight is 509 g/mol. The van der Waals surface area contributed by atoms with Crippen LogP contribution in [0.5, 0.6) is 11.5 Å². The third-order valence-corrected chi connectivity index (χ3v) is 12.0. The van der Waals surface area contributed by atoms with E-state index in [0.29, 0.717) is 5.56 Å². The van der Waals surface area contributed by atoms with Crippen LogP contribution in [-0.2, 0) is 25.7 Å². The summed E-state index contributed by atoms with van der Waals surface area (Å²) in [7, 11) is -0.0938. The van der Waals surface area contributed by atoms with Crippen LogP contribution in [0.3, 0.4) is 0 Å². The van der Waals surface area contributed by atoms with Crippen LogP contribution in [0, 0.1) is 0 Å². The van der Waals surface area contributed by atoms with Gasteiger partial charge in [0, 0.05) is 40.3 Å². The Balaban J connectivity index is 1.54. The molecule has 0 saturated carbocycles. The number of aromatic carboxylic acids is 1. The highest BCUT2D eigenvalue weighted by molar-refractivity contribution is 7.66. The molecular formula is C32H31NO3P+. The molecular weight excluding hydrogens is 477 g/mol. The molecule has 3 aromatic carbocycles. The SMILES string of the molecule is O=C(O)c1ccccc1C1=c2cc3c4c(c2Oc2c1cc1c5c2CCCP5CCC1)CCC[N+]=4CCC3. The van der Waals surface area contributed by atoms with Crippen molar-refractivity contribution in [2.75, 3.05) is 25.4 Å². The summed E-state index contributed by atoms with van der Waals surface area (Å²) >= 11 is 0. The molecule has 1 N–H and O–H groups in total. The zero-order chi connectivity index (χ0) is 24.7. The van der Waals surface area contributed by atoms with E-state index in [2.05, 4.69) is 16.7 Å². The van der Waals surface area contributed by atoms with Crippen molar-refractivity contribution >= 4 is 24.8 Å². The number of fused-ring (bicyclic) bond motifs is 4. The predicted molar refractivity (Wildman–Crippen MR) is 148 cm³/mol. The van der Waals surface area contributed by atoms with Crippen LogP contribution in [0.15, 0.2) is 36.4 Å². The molecule has 0 amide bonds. The minimum atomic E-state index is -0.869. The summed E-state index contributed by atoms with van der Waals surface area (Å²) in [6, 6.07) is 12.3. The van der Waals surface area contributed by atoms with Crippen LogP contribution in [0.1, 0.15) is 69.4 Å². The lowest BCUT2D eigenvalue weighted by atomic mass is 9.84. The standard InChI is InChI=1S/C32H30NO3P/c34-32(35)22-10-2-1-9-21(22)27-25-17-19-7-3-13-33-14-4-11-23(28(19)33)29(25)36-30-24-12-6-16-37-15-5-8-20(31(24)37)18-26(27)30/h1-2,9-10,17-18H,3-8,11-16H2/p+1. The van der Waals surface area contributed by atoms with Crippen molar-refractivity contribution in [3.63, 3.8) is 0 Å². The molecule has 8 rings (SSSR count). The summed E-state index contributed by atoms with van der Waals surface area (Å²) in [6.07, 6.45) is 11.8. The van der Waals surface area contributed by atoms with Gasteiger partial charge in [0.2, 0.25) is 5.36 Å². The second-order valence-corrected chi connectivity index (χ2v) is 13.6. The Bertz CT molecular complexity index is 1650. The zero-order valence-electron chi connectivity index (χ0n) is 21.1.